The number of unbranched alkanes of at least 4 members (excludes halogenated alkanes) is 1. The minimum Gasteiger partial charge on any atom is -0.206 e. The van der Waals surface area contributed by atoms with Crippen LogP contribution in [0.25, 0.3) is 11.1 Å². The minimum atomic E-state index is -0.0929. The van der Waals surface area contributed by atoms with E-state index < -0.39 is 0 Å². The molecule has 1 aliphatic rings. The second-order valence-electron chi connectivity index (χ2n) is 7.39. The van der Waals surface area contributed by atoms with Crippen molar-refractivity contribution in [3.8, 4) is 11.1 Å². The zero-order valence-electron chi connectivity index (χ0n) is 15.3. The summed E-state index contributed by atoms with van der Waals surface area (Å²) in [5, 5.41) is 0. The summed E-state index contributed by atoms with van der Waals surface area (Å²) in [6.07, 6.45) is 10.2. The Morgan fingerprint density at radius 1 is 1.04 bits per heavy atom. The molecule has 2 aromatic carbocycles. The third kappa shape index (κ3) is 4.39. The Kier molecular flexibility index (Phi) is 6.07. The summed E-state index contributed by atoms with van der Waals surface area (Å²) in [6, 6.07) is 14.2. The van der Waals surface area contributed by atoms with E-state index >= 15 is 0 Å². The molecular formula is C24H29F. The zero-order valence-corrected chi connectivity index (χ0v) is 15.3. The SMILES string of the molecule is C=CC1CCC(c2ccc(-c3ccc(CCCC)cc3)c(F)c2)CC1. The second kappa shape index (κ2) is 8.47. The van der Waals surface area contributed by atoms with Gasteiger partial charge < -0.3 is 0 Å². The van der Waals surface area contributed by atoms with Gasteiger partial charge in [0.25, 0.3) is 0 Å². The number of rotatable bonds is 6. The van der Waals surface area contributed by atoms with Gasteiger partial charge in [-0.15, -0.1) is 6.58 Å². The van der Waals surface area contributed by atoms with Gasteiger partial charge >= 0.3 is 0 Å². The molecule has 0 atom stereocenters. The molecule has 0 bridgehead atoms. The van der Waals surface area contributed by atoms with E-state index in [4.69, 9.17) is 0 Å². The molecule has 25 heavy (non-hydrogen) atoms. The van der Waals surface area contributed by atoms with Crippen LogP contribution in [0.4, 0.5) is 4.39 Å². The summed E-state index contributed by atoms with van der Waals surface area (Å²) in [7, 11) is 0. The average molecular weight is 336 g/mol. The molecular weight excluding hydrogens is 307 g/mol. The molecule has 0 amide bonds. The summed E-state index contributed by atoms with van der Waals surface area (Å²) in [5.74, 6) is 1.05. The van der Waals surface area contributed by atoms with Crippen LogP contribution >= 0.6 is 0 Å². The number of halogens is 1. The zero-order chi connectivity index (χ0) is 17.6. The molecule has 0 N–H and O–H groups in total. The average Bonchev–Trinajstić information content (AvgIpc) is 2.67. The van der Waals surface area contributed by atoms with Gasteiger partial charge in [-0.1, -0.05) is 55.8 Å². The molecule has 0 saturated heterocycles. The molecule has 0 spiro atoms. The van der Waals surface area contributed by atoms with E-state index in [1.54, 1.807) is 6.07 Å². The Labute approximate surface area is 151 Å². The van der Waals surface area contributed by atoms with E-state index in [0.29, 0.717) is 17.4 Å². The Morgan fingerprint density at radius 2 is 1.76 bits per heavy atom. The molecule has 0 nitrogen and oxygen atoms in total. The van der Waals surface area contributed by atoms with Gasteiger partial charge in [-0.25, -0.2) is 4.39 Å². The summed E-state index contributed by atoms with van der Waals surface area (Å²) in [4.78, 5) is 0. The van der Waals surface area contributed by atoms with Crippen LogP contribution in [-0.4, -0.2) is 0 Å². The van der Waals surface area contributed by atoms with Gasteiger partial charge in [-0.3, -0.25) is 0 Å². The van der Waals surface area contributed by atoms with Crippen molar-refractivity contribution in [2.24, 2.45) is 5.92 Å². The lowest BCUT2D eigenvalue weighted by Crippen LogP contribution is -2.11. The molecule has 0 radical (unpaired) electrons. The topological polar surface area (TPSA) is 0 Å². The van der Waals surface area contributed by atoms with Gasteiger partial charge in [0.05, 0.1) is 0 Å². The maximum absolute atomic E-state index is 14.7. The predicted molar refractivity (Wildman–Crippen MR) is 105 cm³/mol. The van der Waals surface area contributed by atoms with Crippen molar-refractivity contribution < 1.29 is 4.39 Å². The second-order valence-corrected chi connectivity index (χ2v) is 7.39. The van der Waals surface area contributed by atoms with E-state index in [1.165, 1.54) is 31.2 Å². The van der Waals surface area contributed by atoms with Crippen LogP contribution in [0.15, 0.2) is 55.1 Å². The van der Waals surface area contributed by atoms with Crippen LogP contribution in [0.3, 0.4) is 0 Å². The van der Waals surface area contributed by atoms with Crippen LogP contribution in [0.2, 0.25) is 0 Å². The number of hydrogen-bond acceptors (Lipinski definition) is 0. The molecule has 0 aromatic heterocycles. The van der Waals surface area contributed by atoms with E-state index in [-0.39, 0.29) is 5.82 Å². The molecule has 1 aliphatic carbocycles. The van der Waals surface area contributed by atoms with Gasteiger partial charge in [0, 0.05) is 5.56 Å². The van der Waals surface area contributed by atoms with Crippen molar-refractivity contribution in [1.82, 2.24) is 0 Å². The molecule has 132 valence electrons. The molecule has 0 heterocycles. The standard InChI is InChI=1S/C24H29F/c1-3-5-6-19-9-13-21(14-10-19)23-16-15-22(17-24(23)25)20-11-7-18(4-2)8-12-20/h4,9-10,13-18,20H,2-3,5-8,11-12H2,1H3. The third-order valence-electron chi connectivity index (χ3n) is 5.65. The first-order valence-corrected chi connectivity index (χ1v) is 9.72. The van der Waals surface area contributed by atoms with Crippen LogP contribution in [0.5, 0.6) is 0 Å². The van der Waals surface area contributed by atoms with E-state index in [2.05, 4.69) is 49.9 Å². The fraction of sp³-hybridized carbons (Fsp3) is 0.417. The van der Waals surface area contributed by atoms with Gasteiger partial charge in [-0.2, -0.15) is 0 Å². The highest BCUT2D eigenvalue weighted by Crippen LogP contribution is 2.37. The number of allylic oxidation sites excluding steroid dienone is 1. The number of hydrogen-bond donors (Lipinski definition) is 0. The van der Waals surface area contributed by atoms with Crippen molar-refractivity contribution in [1.29, 1.82) is 0 Å². The van der Waals surface area contributed by atoms with Gasteiger partial charge in [-0.05, 0) is 73.1 Å². The van der Waals surface area contributed by atoms with Crippen LogP contribution in [0, 0.1) is 11.7 Å². The largest absolute Gasteiger partial charge is 0.206 e. The molecule has 1 saturated carbocycles. The molecule has 0 unspecified atom stereocenters. The van der Waals surface area contributed by atoms with Crippen molar-refractivity contribution >= 4 is 0 Å². The number of aryl methyl sites for hydroxylation is 1. The van der Waals surface area contributed by atoms with Crippen LogP contribution in [-0.2, 0) is 6.42 Å². The van der Waals surface area contributed by atoms with Gasteiger partial charge in [0.15, 0.2) is 0 Å². The molecule has 1 heteroatoms. The maximum Gasteiger partial charge on any atom is 0.131 e. The Balaban J connectivity index is 1.72. The van der Waals surface area contributed by atoms with Crippen molar-refractivity contribution in [2.45, 2.75) is 57.8 Å². The summed E-state index contributed by atoms with van der Waals surface area (Å²) in [6.45, 7) is 6.11. The fourth-order valence-electron chi connectivity index (χ4n) is 3.94. The lowest BCUT2D eigenvalue weighted by atomic mass is 9.78. The Morgan fingerprint density at radius 3 is 2.36 bits per heavy atom. The Hall–Kier alpha value is -1.89. The smallest absolute Gasteiger partial charge is 0.131 e. The molecule has 2 aromatic rings. The lowest BCUT2D eigenvalue weighted by molar-refractivity contribution is 0.375. The molecule has 1 fully saturated rings. The molecule has 3 rings (SSSR count). The van der Waals surface area contributed by atoms with Crippen LogP contribution in [0.1, 0.15) is 62.5 Å². The van der Waals surface area contributed by atoms with E-state index in [1.807, 2.05) is 6.07 Å². The molecule has 0 aliphatic heterocycles. The van der Waals surface area contributed by atoms with Crippen molar-refractivity contribution in [3.63, 3.8) is 0 Å². The van der Waals surface area contributed by atoms with Gasteiger partial charge in [0.1, 0.15) is 5.82 Å². The highest BCUT2D eigenvalue weighted by Gasteiger charge is 2.21. The fourth-order valence-corrected chi connectivity index (χ4v) is 3.94. The van der Waals surface area contributed by atoms with E-state index in [9.17, 15) is 4.39 Å². The predicted octanol–water partition coefficient (Wildman–Crippen LogP) is 7.30. The van der Waals surface area contributed by atoms with Gasteiger partial charge in [0.2, 0.25) is 0 Å². The monoisotopic (exact) mass is 336 g/mol. The summed E-state index contributed by atoms with van der Waals surface area (Å²) in [5.41, 5.74) is 4.18. The summed E-state index contributed by atoms with van der Waals surface area (Å²) < 4.78 is 14.7. The number of benzene rings is 2. The first-order chi connectivity index (χ1) is 12.2. The van der Waals surface area contributed by atoms with Crippen LogP contribution < -0.4 is 0 Å². The normalized spacial score (nSPS) is 20.4. The highest BCUT2D eigenvalue weighted by molar-refractivity contribution is 5.65. The van der Waals surface area contributed by atoms with E-state index in [0.717, 1.165) is 30.4 Å². The highest BCUT2D eigenvalue weighted by atomic mass is 19.1. The minimum absolute atomic E-state index is 0.0929. The Bertz CT molecular complexity index is 691. The maximum atomic E-state index is 14.7. The first kappa shape index (κ1) is 17.9. The third-order valence-corrected chi connectivity index (χ3v) is 5.65. The lowest BCUT2D eigenvalue weighted by Gasteiger charge is -2.27. The van der Waals surface area contributed by atoms with Crippen molar-refractivity contribution in [3.05, 3.63) is 72.1 Å². The first-order valence-electron chi connectivity index (χ1n) is 9.72. The van der Waals surface area contributed by atoms with Crippen molar-refractivity contribution in [2.75, 3.05) is 0 Å². The quantitative estimate of drug-likeness (QED) is 0.486. The summed E-state index contributed by atoms with van der Waals surface area (Å²) >= 11 is 0.